The van der Waals surface area contributed by atoms with E-state index in [0.717, 1.165) is 74.4 Å². The quantitative estimate of drug-likeness (QED) is 0.198. The Morgan fingerprint density at radius 1 is 1.07 bits per heavy atom. The lowest BCUT2D eigenvalue weighted by molar-refractivity contribution is -0.182. The van der Waals surface area contributed by atoms with E-state index in [4.69, 9.17) is 9.57 Å². The van der Waals surface area contributed by atoms with Gasteiger partial charge in [0.15, 0.2) is 0 Å². The monoisotopic (exact) mass is 793 g/mol. The highest BCUT2D eigenvalue weighted by Crippen LogP contribution is 2.44. The largest absolute Gasteiger partial charge is 0.496 e. The number of amides is 2. The number of methoxy groups -OCH3 is 1. The Bertz CT molecular complexity index is 1660. The number of piperazine rings is 1. The topological polar surface area (TPSA) is 130 Å². The molecule has 12 heteroatoms. The van der Waals surface area contributed by atoms with Crippen molar-refractivity contribution in [3.8, 4) is 16.9 Å². The number of anilines is 1. The number of ether oxygens (including phenoxy) is 1. The Morgan fingerprint density at radius 2 is 1.77 bits per heavy atom. The van der Waals surface area contributed by atoms with Gasteiger partial charge in [-0.15, -0.1) is 0 Å². The average molecular weight is 793 g/mol. The number of hydrogen-bond acceptors (Lipinski definition) is 10. The van der Waals surface area contributed by atoms with Crippen LogP contribution in [0.25, 0.3) is 11.1 Å². The highest BCUT2D eigenvalue weighted by Gasteiger charge is 2.50. The van der Waals surface area contributed by atoms with Gasteiger partial charge in [-0.2, -0.15) is 5.06 Å². The molecule has 1 saturated carbocycles. The minimum Gasteiger partial charge on any atom is -0.496 e. The van der Waals surface area contributed by atoms with Crippen LogP contribution in [0.4, 0.5) is 5.69 Å². The molecule has 3 aliphatic rings. The van der Waals surface area contributed by atoms with Crippen LogP contribution in [-0.2, 0) is 16.2 Å². The number of aliphatic hydroxyl groups excluding tert-OH is 2. The second kappa shape index (κ2) is 19.2. The van der Waals surface area contributed by atoms with Crippen LogP contribution < -0.4 is 20.3 Å². The second-order valence-electron chi connectivity index (χ2n) is 18.5. The fourth-order valence-corrected chi connectivity index (χ4v) is 9.29. The summed E-state index contributed by atoms with van der Waals surface area (Å²) in [6.45, 7) is 19.8. The fraction of sp³-hybridized carbons (Fsp3) is 0.689. The molecular weight excluding hydrogens is 721 g/mol. The molecule has 1 aliphatic carbocycles. The van der Waals surface area contributed by atoms with E-state index < -0.39 is 24.2 Å². The molecule has 0 radical (unpaired) electrons. The molecule has 318 valence electrons. The number of rotatable bonds is 15. The molecule has 2 amide bonds. The molecule has 2 heterocycles. The first-order valence-electron chi connectivity index (χ1n) is 21.2. The average Bonchev–Trinajstić information content (AvgIpc) is 3.54. The zero-order valence-corrected chi connectivity index (χ0v) is 36.5. The Morgan fingerprint density at radius 3 is 2.39 bits per heavy atom. The summed E-state index contributed by atoms with van der Waals surface area (Å²) < 4.78 is 6.13. The molecule has 12 nitrogen and oxygen atoms in total. The molecule has 2 saturated heterocycles. The summed E-state index contributed by atoms with van der Waals surface area (Å²) in [7, 11) is 7.70. The number of hydrogen-bond donors (Lipinski definition) is 4. The number of likely N-dealkylation sites (N-methyl/N-ethyl adjacent to an activating group) is 1. The Labute approximate surface area is 342 Å². The van der Waals surface area contributed by atoms with E-state index in [1.54, 1.807) is 19.1 Å². The van der Waals surface area contributed by atoms with Crippen molar-refractivity contribution >= 4 is 17.5 Å². The van der Waals surface area contributed by atoms with Crippen molar-refractivity contribution in [2.45, 2.75) is 105 Å². The molecule has 0 aromatic heterocycles. The van der Waals surface area contributed by atoms with E-state index in [-0.39, 0.29) is 48.4 Å². The van der Waals surface area contributed by atoms with Crippen LogP contribution in [0.3, 0.4) is 0 Å². The van der Waals surface area contributed by atoms with Crippen LogP contribution >= 0.6 is 0 Å². The number of carbonyl (C=O) groups is 2. The highest BCUT2D eigenvalue weighted by atomic mass is 16.7. The Hall–Kier alpha value is -3.26. The maximum Gasteiger partial charge on any atom is 0.251 e. The predicted molar refractivity (Wildman–Crippen MR) is 227 cm³/mol. The molecule has 2 aromatic rings. The van der Waals surface area contributed by atoms with Gasteiger partial charge in [0.25, 0.3) is 5.91 Å². The third kappa shape index (κ3) is 10.7. The summed E-state index contributed by atoms with van der Waals surface area (Å²) >= 11 is 0. The first kappa shape index (κ1) is 44.8. The molecule has 3 fully saturated rings. The molecule has 5 rings (SSSR count). The van der Waals surface area contributed by atoms with Crippen molar-refractivity contribution in [1.29, 1.82) is 0 Å². The van der Waals surface area contributed by atoms with Gasteiger partial charge in [0.1, 0.15) is 17.9 Å². The number of para-hydroxylation sites is 1. The summed E-state index contributed by atoms with van der Waals surface area (Å²) in [6, 6.07) is 10.9. The number of hydroxylamine groups is 2. The summed E-state index contributed by atoms with van der Waals surface area (Å²) in [5.74, 6) is 0.732. The van der Waals surface area contributed by atoms with Crippen molar-refractivity contribution in [1.82, 2.24) is 25.5 Å². The fourth-order valence-electron chi connectivity index (χ4n) is 9.29. The third-order valence-corrected chi connectivity index (χ3v) is 13.3. The normalized spacial score (nSPS) is 26.9. The van der Waals surface area contributed by atoms with Crippen molar-refractivity contribution in [3.63, 3.8) is 0 Å². The lowest BCUT2D eigenvalue weighted by Crippen LogP contribution is -2.55. The number of carbonyl (C=O) groups excluding carboxylic acids is 2. The van der Waals surface area contributed by atoms with Gasteiger partial charge in [0, 0.05) is 87.2 Å². The van der Waals surface area contributed by atoms with Crippen LogP contribution in [-0.4, -0.2) is 135 Å². The van der Waals surface area contributed by atoms with Gasteiger partial charge in [0.2, 0.25) is 5.91 Å². The number of nitrogens with one attached hydrogen (secondary N) is 2. The molecule has 2 aromatic carbocycles. The van der Waals surface area contributed by atoms with Crippen LogP contribution in [0.5, 0.6) is 5.75 Å². The van der Waals surface area contributed by atoms with Gasteiger partial charge in [-0.3, -0.25) is 19.3 Å². The molecule has 0 spiro atoms. The minimum atomic E-state index is -0.905. The van der Waals surface area contributed by atoms with Gasteiger partial charge in [-0.1, -0.05) is 59.7 Å². The van der Waals surface area contributed by atoms with E-state index in [0.29, 0.717) is 23.1 Å². The molecular formula is C45H72N6O6. The SMILES string of the molecule is COc1c(CN2O[C@@H](CO)C([C@H](C)O)[C@H]2C(=O)N[C@H]2CCC(C)(C)[C@@H](C)[C@@H]2C)cccc1-c1cc(C(=O)N[C@@H](CC(C)C)CN2CCN(C)CC2)cc(N(C)C)c1. The third-order valence-electron chi connectivity index (χ3n) is 13.3. The van der Waals surface area contributed by atoms with E-state index in [1.807, 2.05) is 49.3 Å². The van der Waals surface area contributed by atoms with Gasteiger partial charge in [0.05, 0.1) is 26.4 Å². The number of aliphatic hydroxyl groups is 2. The number of nitrogens with zero attached hydrogens (tertiary/aromatic N) is 4. The molecule has 57 heavy (non-hydrogen) atoms. The maximum atomic E-state index is 14.3. The lowest BCUT2D eigenvalue weighted by atomic mass is 9.63. The van der Waals surface area contributed by atoms with E-state index >= 15 is 0 Å². The van der Waals surface area contributed by atoms with Crippen LogP contribution in [0.2, 0.25) is 0 Å². The number of benzene rings is 2. The van der Waals surface area contributed by atoms with Crippen molar-refractivity contribution in [2.24, 2.45) is 29.1 Å². The van der Waals surface area contributed by atoms with Crippen LogP contribution in [0.15, 0.2) is 36.4 Å². The minimum absolute atomic E-state index is 0.00845. The standard InChI is InChI=1S/C45H72N6O6/c1-28(2)21-35(26-50-19-17-49(10)18-20-50)46-43(54)34-22-33(23-36(24-34)48(8)9)37-14-12-13-32(42(37)56-11)25-51-41(40(31(5)53)39(27-52)57-51)44(55)47-38-15-16-45(6,7)30(4)29(38)3/h12-14,22-24,28-31,35,38-41,52-53H,15-21,25-27H2,1-11H3,(H,46,54)(H,47,55)/t29-,30-,31-,35-,38-,39-,40?,41-/m0/s1. The maximum absolute atomic E-state index is 14.3. The Balaban J connectivity index is 1.43. The Kier molecular flexibility index (Phi) is 15.1. The molecule has 1 unspecified atom stereocenters. The zero-order valence-electron chi connectivity index (χ0n) is 36.5. The molecule has 8 atom stereocenters. The smallest absolute Gasteiger partial charge is 0.251 e. The van der Waals surface area contributed by atoms with E-state index in [9.17, 15) is 19.8 Å². The zero-order chi connectivity index (χ0) is 41.8. The van der Waals surface area contributed by atoms with Crippen LogP contribution in [0.1, 0.15) is 83.7 Å². The van der Waals surface area contributed by atoms with Gasteiger partial charge in [-0.25, -0.2) is 0 Å². The second-order valence-corrected chi connectivity index (χ2v) is 18.5. The molecule has 0 bridgehead atoms. The summed E-state index contributed by atoms with van der Waals surface area (Å²) in [4.78, 5) is 41.5. The predicted octanol–water partition coefficient (Wildman–Crippen LogP) is 4.87. The van der Waals surface area contributed by atoms with Gasteiger partial charge >= 0.3 is 0 Å². The lowest BCUT2D eigenvalue weighted by Gasteiger charge is -2.46. The van der Waals surface area contributed by atoms with Gasteiger partial charge in [-0.05, 0) is 80.2 Å². The highest BCUT2D eigenvalue weighted by molar-refractivity contribution is 5.97. The summed E-state index contributed by atoms with van der Waals surface area (Å²) in [5.41, 5.74) is 4.01. The van der Waals surface area contributed by atoms with Crippen molar-refractivity contribution < 1.29 is 29.4 Å². The van der Waals surface area contributed by atoms with E-state index in [2.05, 4.69) is 75.1 Å². The first-order chi connectivity index (χ1) is 26.9. The summed E-state index contributed by atoms with van der Waals surface area (Å²) in [6.07, 6.45) is 1.10. The van der Waals surface area contributed by atoms with Gasteiger partial charge < -0.3 is 35.4 Å². The molecule has 2 aliphatic heterocycles. The summed E-state index contributed by atoms with van der Waals surface area (Å²) in [5, 5.41) is 29.7. The molecule has 4 N–H and O–H groups in total. The van der Waals surface area contributed by atoms with Crippen molar-refractivity contribution in [3.05, 3.63) is 47.5 Å². The van der Waals surface area contributed by atoms with E-state index in [1.165, 1.54) is 0 Å². The first-order valence-corrected chi connectivity index (χ1v) is 21.2. The van der Waals surface area contributed by atoms with Crippen LogP contribution in [0, 0.1) is 29.1 Å². The van der Waals surface area contributed by atoms with Crippen molar-refractivity contribution in [2.75, 3.05) is 72.5 Å².